The molecule has 3 fully saturated rings. The second kappa shape index (κ2) is 6.51. The Labute approximate surface area is 144 Å². The van der Waals surface area contributed by atoms with Gasteiger partial charge in [-0.15, -0.1) is 0 Å². The minimum absolute atomic E-state index is 0.0132. The first-order valence-electron chi connectivity index (χ1n) is 9.64. The summed E-state index contributed by atoms with van der Waals surface area (Å²) in [5.74, 6) is 3.44. The summed E-state index contributed by atoms with van der Waals surface area (Å²) in [4.78, 5) is 18.9. The van der Waals surface area contributed by atoms with Crippen LogP contribution in [-0.4, -0.2) is 34.7 Å². The minimum Gasteiger partial charge on any atom is -0.350 e. The highest BCUT2D eigenvalue weighted by atomic mass is 16.1. The molecule has 1 aromatic rings. The molecule has 2 saturated carbocycles. The Bertz CT molecular complexity index is 642. The predicted octanol–water partition coefficient (Wildman–Crippen LogP) is 2.16. The first-order chi connectivity index (χ1) is 11.6. The first kappa shape index (κ1) is 16.1. The van der Waals surface area contributed by atoms with Crippen LogP contribution in [0.5, 0.6) is 0 Å². The molecule has 1 aliphatic heterocycles. The van der Waals surface area contributed by atoms with Crippen LogP contribution in [-0.2, 0) is 7.05 Å². The third-order valence-electron chi connectivity index (χ3n) is 6.65. The van der Waals surface area contributed by atoms with Gasteiger partial charge in [0, 0.05) is 44.6 Å². The van der Waals surface area contributed by atoms with Gasteiger partial charge < -0.3 is 14.8 Å². The molecule has 0 radical (unpaired) electrons. The van der Waals surface area contributed by atoms with Crippen LogP contribution in [0.4, 0.5) is 5.82 Å². The third-order valence-corrected chi connectivity index (χ3v) is 6.65. The summed E-state index contributed by atoms with van der Waals surface area (Å²) < 4.78 is 1.62. The van der Waals surface area contributed by atoms with E-state index < -0.39 is 0 Å². The van der Waals surface area contributed by atoms with Crippen LogP contribution < -0.4 is 15.8 Å². The molecule has 3 aliphatic rings. The molecule has 5 heteroatoms. The molecule has 2 heterocycles. The number of aryl methyl sites for hydroxylation is 1. The Morgan fingerprint density at radius 2 is 2.17 bits per heavy atom. The zero-order valence-electron chi connectivity index (χ0n) is 14.9. The van der Waals surface area contributed by atoms with E-state index in [4.69, 9.17) is 0 Å². The second-order valence-electron chi connectivity index (χ2n) is 8.25. The Kier molecular flexibility index (Phi) is 4.37. The summed E-state index contributed by atoms with van der Waals surface area (Å²) in [6.07, 6.45) is 11.6. The normalized spacial score (nSPS) is 33.8. The van der Waals surface area contributed by atoms with Crippen molar-refractivity contribution >= 4 is 5.82 Å². The number of hydrogen-bond acceptors (Lipinski definition) is 4. The summed E-state index contributed by atoms with van der Waals surface area (Å²) >= 11 is 0. The average Bonchev–Trinajstić information content (AvgIpc) is 3.21. The molecule has 0 amide bonds. The van der Waals surface area contributed by atoms with E-state index in [0.29, 0.717) is 17.9 Å². The highest BCUT2D eigenvalue weighted by Crippen LogP contribution is 2.49. The molecule has 1 N–H and O–H groups in total. The average molecular weight is 330 g/mol. The number of nitrogens with one attached hydrogen (secondary N) is 1. The van der Waals surface area contributed by atoms with E-state index in [1.54, 1.807) is 24.0 Å². The quantitative estimate of drug-likeness (QED) is 0.919. The van der Waals surface area contributed by atoms with Crippen molar-refractivity contribution in [3.8, 4) is 0 Å². The lowest BCUT2D eigenvalue weighted by Crippen LogP contribution is -2.52. The maximum absolute atomic E-state index is 12.3. The van der Waals surface area contributed by atoms with Crippen molar-refractivity contribution in [1.29, 1.82) is 0 Å². The van der Waals surface area contributed by atoms with E-state index in [9.17, 15) is 4.79 Å². The third kappa shape index (κ3) is 2.99. The number of fused-ring (bicyclic) bond motifs is 2. The summed E-state index contributed by atoms with van der Waals surface area (Å²) in [5.41, 5.74) is 0.0132. The summed E-state index contributed by atoms with van der Waals surface area (Å²) in [6.45, 7) is 4.22. The number of hydrogen-bond donors (Lipinski definition) is 1. The van der Waals surface area contributed by atoms with Crippen LogP contribution in [0.1, 0.15) is 45.4 Å². The van der Waals surface area contributed by atoms with Crippen LogP contribution in [0, 0.1) is 17.8 Å². The van der Waals surface area contributed by atoms with Crippen LogP contribution in [0.2, 0.25) is 0 Å². The Hall–Kier alpha value is -1.36. The maximum Gasteiger partial charge on any atom is 0.293 e. The van der Waals surface area contributed by atoms with Crippen LogP contribution in [0.25, 0.3) is 0 Å². The molecule has 1 aromatic heterocycles. The molecule has 0 spiro atoms. The fraction of sp³-hybridized carbons (Fsp3) is 0.789. The molecule has 132 valence electrons. The first-order valence-corrected chi connectivity index (χ1v) is 9.64. The van der Waals surface area contributed by atoms with Gasteiger partial charge in [-0.2, -0.15) is 0 Å². The largest absolute Gasteiger partial charge is 0.350 e. The Morgan fingerprint density at radius 3 is 2.92 bits per heavy atom. The molecule has 1 saturated heterocycles. The lowest BCUT2D eigenvalue weighted by molar-refractivity contribution is 0.236. The molecule has 0 aromatic carbocycles. The zero-order valence-corrected chi connectivity index (χ0v) is 14.9. The molecule has 5 nitrogen and oxygen atoms in total. The van der Waals surface area contributed by atoms with E-state index in [2.05, 4.69) is 22.1 Å². The number of rotatable bonds is 4. The van der Waals surface area contributed by atoms with Crippen molar-refractivity contribution in [3.05, 3.63) is 22.7 Å². The van der Waals surface area contributed by atoms with Gasteiger partial charge in [-0.05, 0) is 56.8 Å². The van der Waals surface area contributed by atoms with Gasteiger partial charge in [-0.3, -0.25) is 4.79 Å². The van der Waals surface area contributed by atoms with Crippen LogP contribution in [0.15, 0.2) is 17.2 Å². The fourth-order valence-corrected chi connectivity index (χ4v) is 5.41. The van der Waals surface area contributed by atoms with Gasteiger partial charge in [-0.1, -0.05) is 6.42 Å². The number of nitrogens with zero attached hydrogens (tertiary/aromatic N) is 3. The van der Waals surface area contributed by atoms with Crippen LogP contribution >= 0.6 is 0 Å². The summed E-state index contributed by atoms with van der Waals surface area (Å²) in [7, 11) is 1.80. The van der Waals surface area contributed by atoms with Gasteiger partial charge in [0.1, 0.15) is 0 Å². The highest BCUT2D eigenvalue weighted by molar-refractivity contribution is 5.36. The lowest BCUT2D eigenvalue weighted by Gasteiger charge is -2.37. The van der Waals surface area contributed by atoms with Crippen molar-refractivity contribution < 1.29 is 0 Å². The molecule has 5 atom stereocenters. The van der Waals surface area contributed by atoms with E-state index >= 15 is 0 Å². The molecule has 24 heavy (non-hydrogen) atoms. The topological polar surface area (TPSA) is 50.2 Å². The smallest absolute Gasteiger partial charge is 0.293 e. The van der Waals surface area contributed by atoms with E-state index in [1.165, 1.54) is 32.1 Å². The highest BCUT2D eigenvalue weighted by Gasteiger charge is 2.42. The molecular formula is C19H30N4O. The van der Waals surface area contributed by atoms with Gasteiger partial charge in [0.25, 0.3) is 5.56 Å². The summed E-state index contributed by atoms with van der Waals surface area (Å²) in [5, 5.41) is 3.90. The molecule has 5 unspecified atom stereocenters. The van der Waals surface area contributed by atoms with Gasteiger partial charge in [0.2, 0.25) is 0 Å². The van der Waals surface area contributed by atoms with Crippen LogP contribution in [0.3, 0.4) is 0 Å². The zero-order chi connectivity index (χ0) is 16.7. The second-order valence-corrected chi connectivity index (χ2v) is 8.25. The van der Waals surface area contributed by atoms with E-state index in [1.807, 2.05) is 0 Å². The molecular weight excluding hydrogens is 300 g/mol. The molecule has 2 bridgehead atoms. The predicted molar refractivity (Wildman–Crippen MR) is 96.2 cm³/mol. The van der Waals surface area contributed by atoms with Crippen molar-refractivity contribution in [2.24, 2.45) is 24.8 Å². The number of anilines is 1. The monoisotopic (exact) mass is 330 g/mol. The molecule has 4 rings (SSSR count). The van der Waals surface area contributed by atoms with Crippen molar-refractivity contribution in [3.63, 3.8) is 0 Å². The van der Waals surface area contributed by atoms with Gasteiger partial charge in [0.05, 0.1) is 0 Å². The Morgan fingerprint density at radius 1 is 1.29 bits per heavy atom. The fourth-order valence-electron chi connectivity index (χ4n) is 5.41. The molecule has 2 aliphatic carbocycles. The van der Waals surface area contributed by atoms with Crippen molar-refractivity contribution in [1.82, 2.24) is 14.9 Å². The minimum atomic E-state index is 0.0132. The van der Waals surface area contributed by atoms with Crippen molar-refractivity contribution in [2.75, 3.05) is 18.0 Å². The van der Waals surface area contributed by atoms with Gasteiger partial charge in [0.15, 0.2) is 5.82 Å². The van der Waals surface area contributed by atoms with Gasteiger partial charge >= 0.3 is 0 Å². The lowest BCUT2D eigenvalue weighted by atomic mass is 9.83. The van der Waals surface area contributed by atoms with E-state index in [-0.39, 0.29) is 5.56 Å². The maximum atomic E-state index is 12.3. The van der Waals surface area contributed by atoms with Gasteiger partial charge in [-0.25, -0.2) is 4.98 Å². The van der Waals surface area contributed by atoms with E-state index in [0.717, 1.165) is 37.3 Å². The standard InChI is InChI=1S/C19H30N4O/c1-13(17-11-14-5-6-15(17)10-14)21-16-4-3-8-23(12-16)18-19(24)22(2)9-7-20-18/h7,9,13-17,21H,3-6,8,10-12H2,1-2H3. The van der Waals surface area contributed by atoms with Crippen molar-refractivity contribution in [2.45, 2.75) is 57.5 Å². The summed E-state index contributed by atoms with van der Waals surface area (Å²) in [6, 6.07) is 1.07. The SMILES string of the molecule is CC(NC1CCCN(c2nccn(C)c2=O)C1)C1CC2CCC1C2. The number of aromatic nitrogens is 2. The number of piperidine rings is 1. The Balaban J connectivity index is 1.40.